The van der Waals surface area contributed by atoms with Gasteiger partial charge in [0.05, 0.1) is 16.6 Å². The average molecular weight is 380 g/mol. The third kappa shape index (κ3) is 3.53. The number of hydrogen-bond donors (Lipinski definition) is 2. The van der Waals surface area contributed by atoms with Gasteiger partial charge in [-0.25, -0.2) is 9.49 Å². The molecule has 0 saturated carbocycles. The van der Waals surface area contributed by atoms with E-state index >= 15 is 0 Å². The number of benzene rings is 2. The van der Waals surface area contributed by atoms with Crippen LogP contribution in [0.15, 0.2) is 47.3 Å². The molecule has 0 unspecified atom stereocenters. The maximum absolute atomic E-state index is 14.4. The lowest BCUT2D eigenvalue weighted by molar-refractivity contribution is 0.0710. The van der Waals surface area contributed by atoms with Crippen molar-refractivity contribution in [2.75, 3.05) is 13.1 Å². The molecule has 144 valence electrons. The lowest BCUT2D eigenvalue weighted by Gasteiger charge is -2.30. The van der Waals surface area contributed by atoms with E-state index in [1.165, 1.54) is 6.07 Å². The van der Waals surface area contributed by atoms with E-state index in [9.17, 15) is 14.0 Å². The van der Waals surface area contributed by atoms with Crippen LogP contribution in [0.4, 0.5) is 4.39 Å². The van der Waals surface area contributed by atoms with Gasteiger partial charge in [0.2, 0.25) is 0 Å². The fourth-order valence-electron chi connectivity index (χ4n) is 3.62. The van der Waals surface area contributed by atoms with E-state index < -0.39 is 5.82 Å². The topological polar surface area (TPSA) is 92.1 Å². The number of nitrogens with two attached hydrogens (primary N) is 1. The first-order chi connectivity index (χ1) is 13.5. The van der Waals surface area contributed by atoms with Gasteiger partial charge >= 0.3 is 0 Å². The summed E-state index contributed by atoms with van der Waals surface area (Å²) >= 11 is 0. The molecule has 3 aromatic rings. The van der Waals surface area contributed by atoms with Crippen molar-refractivity contribution in [3.63, 3.8) is 0 Å². The van der Waals surface area contributed by atoms with Crippen molar-refractivity contribution in [2.45, 2.75) is 25.3 Å². The van der Waals surface area contributed by atoms with Gasteiger partial charge in [0.1, 0.15) is 5.82 Å². The first-order valence-electron chi connectivity index (χ1n) is 9.32. The van der Waals surface area contributed by atoms with Gasteiger partial charge in [-0.05, 0) is 36.6 Å². The van der Waals surface area contributed by atoms with Crippen molar-refractivity contribution in [3.8, 4) is 0 Å². The highest BCUT2D eigenvalue weighted by Crippen LogP contribution is 2.20. The Hall–Kier alpha value is -3.06. The number of fused-ring (bicyclic) bond motifs is 1. The maximum atomic E-state index is 14.4. The molecule has 2 heterocycles. The van der Waals surface area contributed by atoms with Crippen LogP contribution in [0.1, 0.15) is 34.5 Å². The summed E-state index contributed by atoms with van der Waals surface area (Å²) in [4.78, 5) is 26.4. The Morgan fingerprint density at radius 2 is 1.89 bits per heavy atom. The van der Waals surface area contributed by atoms with Crippen molar-refractivity contribution in [3.05, 3.63) is 75.5 Å². The van der Waals surface area contributed by atoms with Crippen molar-refractivity contribution in [1.82, 2.24) is 15.1 Å². The second kappa shape index (κ2) is 7.52. The van der Waals surface area contributed by atoms with Crippen LogP contribution in [-0.4, -0.2) is 40.1 Å². The molecule has 0 radical (unpaired) electrons. The molecule has 1 aliphatic rings. The molecule has 7 heteroatoms. The summed E-state index contributed by atoms with van der Waals surface area (Å²) in [6.07, 6.45) is 1.82. The SMILES string of the molecule is NC1CCN(C(=O)c2cc(Cc3n[nH]c(=O)c4ccccc34)ccc2F)CC1. The van der Waals surface area contributed by atoms with Gasteiger partial charge in [-0.3, -0.25) is 9.59 Å². The Bertz CT molecular complexity index is 1090. The smallest absolute Gasteiger partial charge is 0.272 e. The first kappa shape index (κ1) is 18.3. The first-order valence-corrected chi connectivity index (χ1v) is 9.32. The number of aromatic nitrogens is 2. The average Bonchev–Trinajstić information content (AvgIpc) is 2.72. The minimum atomic E-state index is -0.539. The van der Waals surface area contributed by atoms with E-state index in [0.29, 0.717) is 30.6 Å². The van der Waals surface area contributed by atoms with Crippen LogP contribution in [0.25, 0.3) is 10.8 Å². The quantitative estimate of drug-likeness (QED) is 0.729. The second-order valence-electron chi connectivity index (χ2n) is 7.17. The monoisotopic (exact) mass is 380 g/mol. The van der Waals surface area contributed by atoms with Gasteiger partial charge < -0.3 is 10.6 Å². The lowest BCUT2D eigenvalue weighted by atomic mass is 10.0. The lowest BCUT2D eigenvalue weighted by Crippen LogP contribution is -2.43. The molecular formula is C21H21FN4O2. The molecule has 0 atom stereocenters. The van der Waals surface area contributed by atoms with E-state index in [2.05, 4.69) is 10.2 Å². The standard InChI is InChI=1S/C21H21FN4O2/c22-18-6-5-13(11-17(18)21(28)26-9-7-14(23)8-10-26)12-19-15-3-1-2-4-16(15)20(27)25-24-19/h1-6,11,14H,7-10,12,23H2,(H,25,27). The van der Waals surface area contributed by atoms with Gasteiger partial charge in [0.25, 0.3) is 11.5 Å². The van der Waals surface area contributed by atoms with Gasteiger partial charge in [-0.1, -0.05) is 24.3 Å². The fourth-order valence-corrected chi connectivity index (χ4v) is 3.62. The van der Waals surface area contributed by atoms with Gasteiger partial charge in [-0.15, -0.1) is 0 Å². The molecule has 1 aromatic heterocycles. The predicted octanol–water partition coefficient (Wildman–Crippen LogP) is 2.22. The zero-order valence-electron chi connectivity index (χ0n) is 15.3. The van der Waals surface area contributed by atoms with Crippen LogP contribution >= 0.6 is 0 Å². The molecule has 0 bridgehead atoms. The number of hydrogen-bond acceptors (Lipinski definition) is 4. The van der Waals surface area contributed by atoms with Crippen LogP contribution in [-0.2, 0) is 6.42 Å². The molecule has 2 aromatic carbocycles. The number of halogens is 1. The number of carbonyl (C=O) groups is 1. The number of piperidine rings is 1. The number of carbonyl (C=O) groups excluding carboxylic acids is 1. The molecule has 4 rings (SSSR count). The molecule has 28 heavy (non-hydrogen) atoms. The molecule has 6 nitrogen and oxygen atoms in total. The molecular weight excluding hydrogens is 359 g/mol. The van der Waals surface area contributed by atoms with Crippen molar-refractivity contribution < 1.29 is 9.18 Å². The summed E-state index contributed by atoms with van der Waals surface area (Å²) in [6, 6.07) is 11.8. The Morgan fingerprint density at radius 1 is 1.18 bits per heavy atom. The summed E-state index contributed by atoms with van der Waals surface area (Å²) in [6.45, 7) is 1.07. The minimum Gasteiger partial charge on any atom is -0.338 e. The summed E-state index contributed by atoms with van der Waals surface area (Å²) in [5, 5.41) is 7.95. The van der Waals surface area contributed by atoms with Crippen molar-refractivity contribution >= 4 is 16.7 Å². The molecule has 1 fully saturated rings. The Morgan fingerprint density at radius 3 is 2.64 bits per heavy atom. The highest BCUT2D eigenvalue weighted by molar-refractivity contribution is 5.94. The third-order valence-corrected chi connectivity index (χ3v) is 5.23. The van der Waals surface area contributed by atoms with Gasteiger partial charge in [-0.2, -0.15) is 5.10 Å². The highest BCUT2D eigenvalue weighted by atomic mass is 19.1. The molecule has 1 aliphatic heterocycles. The zero-order valence-corrected chi connectivity index (χ0v) is 15.3. The number of rotatable bonds is 3. The van der Waals surface area contributed by atoms with Crippen LogP contribution in [0.3, 0.4) is 0 Å². The van der Waals surface area contributed by atoms with E-state index in [0.717, 1.165) is 23.8 Å². The van der Waals surface area contributed by atoms with Crippen LogP contribution in [0.5, 0.6) is 0 Å². The van der Waals surface area contributed by atoms with Crippen molar-refractivity contribution in [1.29, 1.82) is 0 Å². The summed E-state index contributed by atoms with van der Waals surface area (Å²) < 4.78 is 14.4. The highest BCUT2D eigenvalue weighted by Gasteiger charge is 2.24. The number of nitrogens with one attached hydrogen (secondary N) is 1. The Kier molecular flexibility index (Phi) is 4.92. The van der Waals surface area contributed by atoms with E-state index in [1.54, 1.807) is 29.2 Å². The van der Waals surface area contributed by atoms with Crippen LogP contribution < -0.4 is 11.3 Å². The molecule has 0 aliphatic carbocycles. The fraction of sp³-hybridized carbons (Fsp3) is 0.286. The molecule has 0 spiro atoms. The number of H-pyrrole nitrogens is 1. The predicted molar refractivity (Wildman–Crippen MR) is 105 cm³/mol. The van der Waals surface area contributed by atoms with Gasteiger partial charge in [0.15, 0.2) is 0 Å². The number of nitrogens with zero attached hydrogens (tertiary/aromatic N) is 2. The van der Waals surface area contributed by atoms with Crippen molar-refractivity contribution in [2.24, 2.45) is 5.73 Å². The molecule has 1 saturated heterocycles. The van der Waals surface area contributed by atoms with Crippen LogP contribution in [0, 0.1) is 5.82 Å². The molecule has 1 amide bonds. The largest absolute Gasteiger partial charge is 0.338 e. The summed E-state index contributed by atoms with van der Waals surface area (Å²) in [7, 11) is 0. The van der Waals surface area contributed by atoms with E-state index in [1.807, 2.05) is 12.1 Å². The normalized spacial score (nSPS) is 15.1. The van der Waals surface area contributed by atoms with Gasteiger partial charge in [0, 0.05) is 30.9 Å². The Labute approximate surface area is 161 Å². The van der Waals surface area contributed by atoms with Crippen LogP contribution in [0.2, 0.25) is 0 Å². The summed E-state index contributed by atoms with van der Waals surface area (Å²) in [5.74, 6) is -0.853. The number of amides is 1. The van der Waals surface area contributed by atoms with E-state index in [-0.39, 0.29) is 23.1 Å². The van der Waals surface area contributed by atoms with E-state index in [4.69, 9.17) is 5.73 Å². The Balaban J connectivity index is 1.64. The molecule has 3 N–H and O–H groups in total. The summed E-state index contributed by atoms with van der Waals surface area (Å²) in [5.41, 5.74) is 7.12. The third-order valence-electron chi connectivity index (χ3n) is 5.23. The number of aromatic amines is 1. The minimum absolute atomic E-state index is 0.0571. The number of likely N-dealkylation sites (tertiary alicyclic amines) is 1. The maximum Gasteiger partial charge on any atom is 0.272 e. The second-order valence-corrected chi connectivity index (χ2v) is 7.17. The zero-order chi connectivity index (χ0) is 19.7.